The number of benzene rings is 1. The maximum absolute atomic E-state index is 13.0. The number of hydrogen-bond donors (Lipinski definition) is 0. The molecule has 0 radical (unpaired) electrons. The van der Waals surface area contributed by atoms with Crippen LogP contribution in [-0.2, 0) is 11.3 Å². The zero-order chi connectivity index (χ0) is 17.9. The molecule has 1 aromatic carbocycles. The Labute approximate surface area is 155 Å². The van der Waals surface area contributed by atoms with Crippen molar-refractivity contribution in [2.24, 2.45) is 0 Å². The fourth-order valence-electron chi connectivity index (χ4n) is 4.28. The third kappa shape index (κ3) is 3.67. The molecule has 3 aliphatic heterocycles. The number of ether oxygens (including phenoxy) is 2. The Kier molecular flexibility index (Phi) is 5.31. The average molecular weight is 359 g/mol. The highest BCUT2D eigenvalue weighted by molar-refractivity contribution is 5.82. The number of hydrogen-bond acceptors (Lipinski definition) is 5. The van der Waals surface area contributed by atoms with Crippen molar-refractivity contribution in [2.45, 2.75) is 38.8 Å². The maximum atomic E-state index is 13.0. The minimum atomic E-state index is 0.106. The molecule has 0 unspecified atom stereocenters. The molecule has 142 valence electrons. The second-order valence-electron chi connectivity index (χ2n) is 7.43. The Morgan fingerprint density at radius 1 is 1.08 bits per heavy atom. The van der Waals surface area contributed by atoms with E-state index in [9.17, 15) is 4.79 Å². The van der Waals surface area contributed by atoms with E-state index in [-0.39, 0.29) is 6.04 Å². The SMILES string of the molecule is CCN1CCCC[C@H]1C(=O)N1CCN(Cc2ccc3c(c2)OCO3)CC1. The molecule has 1 aromatic rings. The Morgan fingerprint density at radius 2 is 1.88 bits per heavy atom. The van der Waals surface area contributed by atoms with Crippen LogP contribution in [0.4, 0.5) is 0 Å². The summed E-state index contributed by atoms with van der Waals surface area (Å²) in [4.78, 5) is 19.8. The molecule has 6 heteroatoms. The van der Waals surface area contributed by atoms with Gasteiger partial charge < -0.3 is 14.4 Å². The first kappa shape index (κ1) is 17.6. The van der Waals surface area contributed by atoms with Crippen molar-refractivity contribution < 1.29 is 14.3 Å². The average Bonchev–Trinajstić information content (AvgIpc) is 3.16. The molecule has 4 rings (SSSR count). The van der Waals surface area contributed by atoms with E-state index in [4.69, 9.17) is 9.47 Å². The van der Waals surface area contributed by atoms with Gasteiger partial charge in [0.25, 0.3) is 0 Å². The number of piperidine rings is 1. The van der Waals surface area contributed by atoms with Gasteiger partial charge in [0.05, 0.1) is 6.04 Å². The van der Waals surface area contributed by atoms with Crippen molar-refractivity contribution in [3.8, 4) is 11.5 Å². The lowest BCUT2D eigenvalue weighted by atomic mass is 10.0. The Bertz CT molecular complexity index is 643. The van der Waals surface area contributed by atoms with Gasteiger partial charge in [-0.3, -0.25) is 14.6 Å². The number of rotatable bonds is 4. The van der Waals surface area contributed by atoms with Crippen LogP contribution in [0.15, 0.2) is 18.2 Å². The predicted molar refractivity (Wildman–Crippen MR) is 99.3 cm³/mol. The fourth-order valence-corrected chi connectivity index (χ4v) is 4.28. The molecular weight excluding hydrogens is 330 g/mol. The van der Waals surface area contributed by atoms with Crippen molar-refractivity contribution >= 4 is 5.91 Å². The Hall–Kier alpha value is -1.79. The zero-order valence-electron chi connectivity index (χ0n) is 15.7. The summed E-state index contributed by atoms with van der Waals surface area (Å²) in [6.45, 7) is 8.93. The van der Waals surface area contributed by atoms with Crippen molar-refractivity contribution in [2.75, 3.05) is 46.1 Å². The molecule has 2 fully saturated rings. The largest absolute Gasteiger partial charge is 0.454 e. The lowest BCUT2D eigenvalue weighted by molar-refractivity contribution is -0.140. The van der Waals surface area contributed by atoms with Crippen LogP contribution in [-0.4, -0.2) is 72.7 Å². The van der Waals surface area contributed by atoms with Gasteiger partial charge in [-0.15, -0.1) is 0 Å². The molecule has 3 heterocycles. The van der Waals surface area contributed by atoms with Gasteiger partial charge in [0.1, 0.15) is 0 Å². The van der Waals surface area contributed by atoms with Gasteiger partial charge in [-0.2, -0.15) is 0 Å². The molecule has 0 saturated carbocycles. The van der Waals surface area contributed by atoms with Crippen LogP contribution in [0.3, 0.4) is 0 Å². The Morgan fingerprint density at radius 3 is 2.69 bits per heavy atom. The summed E-state index contributed by atoms with van der Waals surface area (Å²) in [5.74, 6) is 2.01. The van der Waals surface area contributed by atoms with E-state index in [0.717, 1.165) is 63.7 Å². The summed E-state index contributed by atoms with van der Waals surface area (Å²) < 4.78 is 10.8. The summed E-state index contributed by atoms with van der Waals surface area (Å²) in [6, 6.07) is 6.27. The number of nitrogens with zero attached hydrogens (tertiary/aromatic N) is 3. The number of likely N-dealkylation sites (N-methyl/N-ethyl adjacent to an activating group) is 1. The molecule has 0 aliphatic carbocycles. The van der Waals surface area contributed by atoms with Gasteiger partial charge in [-0.1, -0.05) is 19.4 Å². The fraction of sp³-hybridized carbons (Fsp3) is 0.650. The van der Waals surface area contributed by atoms with E-state index in [1.165, 1.54) is 18.4 Å². The minimum Gasteiger partial charge on any atom is -0.454 e. The van der Waals surface area contributed by atoms with E-state index in [1.54, 1.807) is 0 Å². The molecule has 3 aliphatic rings. The van der Waals surface area contributed by atoms with Crippen LogP contribution in [0.2, 0.25) is 0 Å². The molecule has 0 spiro atoms. The lowest BCUT2D eigenvalue weighted by Crippen LogP contribution is -2.55. The lowest BCUT2D eigenvalue weighted by Gasteiger charge is -2.40. The van der Waals surface area contributed by atoms with Crippen LogP contribution in [0.1, 0.15) is 31.7 Å². The molecule has 26 heavy (non-hydrogen) atoms. The van der Waals surface area contributed by atoms with Gasteiger partial charge in [0.2, 0.25) is 12.7 Å². The summed E-state index contributed by atoms with van der Waals surface area (Å²) in [5.41, 5.74) is 1.23. The number of carbonyl (C=O) groups excluding carboxylic acids is 1. The van der Waals surface area contributed by atoms with Crippen LogP contribution in [0, 0.1) is 0 Å². The Balaban J connectivity index is 1.30. The molecule has 1 amide bonds. The predicted octanol–water partition coefficient (Wildman–Crippen LogP) is 1.93. The van der Waals surface area contributed by atoms with Gasteiger partial charge in [0.15, 0.2) is 11.5 Å². The summed E-state index contributed by atoms with van der Waals surface area (Å²) in [5, 5.41) is 0. The van der Waals surface area contributed by atoms with Crippen LogP contribution < -0.4 is 9.47 Å². The molecular formula is C20H29N3O3. The molecule has 0 bridgehead atoms. The normalized spacial score (nSPS) is 24.0. The number of carbonyl (C=O) groups is 1. The van der Waals surface area contributed by atoms with Gasteiger partial charge in [-0.05, 0) is 43.6 Å². The van der Waals surface area contributed by atoms with Crippen LogP contribution >= 0.6 is 0 Å². The van der Waals surface area contributed by atoms with Gasteiger partial charge >= 0.3 is 0 Å². The van der Waals surface area contributed by atoms with Crippen LogP contribution in [0.25, 0.3) is 0 Å². The van der Waals surface area contributed by atoms with E-state index < -0.39 is 0 Å². The summed E-state index contributed by atoms with van der Waals surface area (Å²) in [7, 11) is 0. The highest BCUT2D eigenvalue weighted by Crippen LogP contribution is 2.32. The third-order valence-corrected chi connectivity index (χ3v) is 5.83. The number of piperazine rings is 1. The molecule has 0 N–H and O–H groups in total. The first-order valence-electron chi connectivity index (χ1n) is 9.88. The van der Waals surface area contributed by atoms with Crippen molar-refractivity contribution in [3.63, 3.8) is 0 Å². The number of fused-ring (bicyclic) bond motifs is 1. The van der Waals surface area contributed by atoms with Crippen molar-refractivity contribution in [1.29, 1.82) is 0 Å². The van der Waals surface area contributed by atoms with E-state index >= 15 is 0 Å². The highest BCUT2D eigenvalue weighted by atomic mass is 16.7. The molecule has 0 aromatic heterocycles. The first-order chi connectivity index (χ1) is 12.7. The summed E-state index contributed by atoms with van der Waals surface area (Å²) >= 11 is 0. The van der Waals surface area contributed by atoms with Gasteiger partial charge in [-0.25, -0.2) is 0 Å². The van der Waals surface area contributed by atoms with Crippen molar-refractivity contribution in [3.05, 3.63) is 23.8 Å². The molecule has 2 saturated heterocycles. The molecule has 6 nitrogen and oxygen atoms in total. The smallest absolute Gasteiger partial charge is 0.240 e. The van der Waals surface area contributed by atoms with Crippen molar-refractivity contribution in [1.82, 2.24) is 14.7 Å². The first-order valence-corrected chi connectivity index (χ1v) is 9.88. The minimum absolute atomic E-state index is 0.106. The van der Waals surface area contributed by atoms with E-state index in [2.05, 4.69) is 33.8 Å². The number of likely N-dealkylation sites (tertiary alicyclic amines) is 1. The van der Waals surface area contributed by atoms with E-state index in [1.807, 2.05) is 6.07 Å². The quantitative estimate of drug-likeness (QED) is 0.822. The number of amides is 1. The topological polar surface area (TPSA) is 45.3 Å². The van der Waals surface area contributed by atoms with E-state index in [0.29, 0.717) is 12.7 Å². The van der Waals surface area contributed by atoms with Crippen LogP contribution in [0.5, 0.6) is 11.5 Å². The maximum Gasteiger partial charge on any atom is 0.240 e. The second-order valence-corrected chi connectivity index (χ2v) is 7.43. The molecule has 1 atom stereocenters. The monoisotopic (exact) mass is 359 g/mol. The standard InChI is InChI=1S/C20H29N3O3/c1-2-22-8-4-3-5-17(22)20(24)23-11-9-21(10-12-23)14-16-6-7-18-19(13-16)26-15-25-18/h6-7,13,17H,2-5,8-12,14-15H2,1H3/t17-/m0/s1. The third-order valence-electron chi connectivity index (χ3n) is 5.83. The highest BCUT2D eigenvalue weighted by Gasteiger charge is 2.32. The van der Waals surface area contributed by atoms with Gasteiger partial charge in [0, 0.05) is 32.7 Å². The zero-order valence-corrected chi connectivity index (χ0v) is 15.7. The summed E-state index contributed by atoms with van der Waals surface area (Å²) in [6.07, 6.45) is 3.42. The second kappa shape index (κ2) is 7.84.